The van der Waals surface area contributed by atoms with Crippen molar-refractivity contribution in [3.8, 4) is 6.07 Å². The minimum absolute atomic E-state index is 0.0466. The highest BCUT2D eigenvalue weighted by Crippen LogP contribution is 2.36. The molecule has 3 fully saturated rings. The molecule has 3 amide bonds. The smallest absolute Gasteiger partial charge is 0.408 e. The highest BCUT2D eigenvalue weighted by atomic mass is 19.1. The molecule has 4 atom stereocenters. The van der Waals surface area contributed by atoms with E-state index in [1.54, 1.807) is 25.7 Å². The van der Waals surface area contributed by atoms with E-state index in [1.807, 2.05) is 0 Å². The van der Waals surface area contributed by atoms with Gasteiger partial charge in [0.1, 0.15) is 29.3 Å². The largest absolute Gasteiger partial charge is 0.444 e. The Balaban J connectivity index is 1.50. The van der Waals surface area contributed by atoms with Crippen LogP contribution in [0.3, 0.4) is 0 Å². The van der Waals surface area contributed by atoms with Crippen molar-refractivity contribution < 1.29 is 27.9 Å². The van der Waals surface area contributed by atoms with Gasteiger partial charge >= 0.3 is 6.09 Å². The van der Waals surface area contributed by atoms with Crippen LogP contribution in [-0.2, 0) is 14.3 Å². The highest BCUT2D eigenvalue weighted by Gasteiger charge is 2.51. The summed E-state index contributed by atoms with van der Waals surface area (Å²) in [5.41, 5.74) is -0.614. The lowest BCUT2D eigenvalue weighted by Crippen LogP contribution is -2.59. The molecular formula is C24H29F2N5O4. The van der Waals surface area contributed by atoms with E-state index in [4.69, 9.17) is 4.74 Å². The molecule has 3 aliphatic rings. The van der Waals surface area contributed by atoms with Crippen LogP contribution in [0, 0.1) is 23.0 Å². The van der Waals surface area contributed by atoms with Gasteiger partial charge in [0.15, 0.2) is 0 Å². The van der Waals surface area contributed by atoms with Gasteiger partial charge in [0.2, 0.25) is 11.8 Å². The molecule has 2 bridgehead atoms. The molecule has 0 aliphatic carbocycles. The summed E-state index contributed by atoms with van der Waals surface area (Å²) in [5.74, 6) is -2.25. The number of benzene rings is 1. The molecule has 1 N–H and O–H groups in total. The van der Waals surface area contributed by atoms with Gasteiger partial charge in [-0.05, 0) is 52.2 Å². The van der Waals surface area contributed by atoms with Gasteiger partial charge in [-0.25, -0.2) is 13.6 Å². The average Bonchev–Trinajstić information content (AvgIpc) is 3.44. The number of halogens is 2. The number of alkyl carbamates (subject to hydrolysis) is 1. The van der Waals surface area contributed by atoms with Gasteiger partial charge < -0.3 is 19.9 Å². The third-order valence-corrected chi connectivity index (χ3v) is 6.49. The Morgan fingerprint density at radius 1 is 1.26 bits per heavy atom. The van der Waals surface area contributed by atoms with Gasteiger partial charge in [-0.2, -0.15) is 5.26 Å². The summed E-state index contributed by atoms with van der Waals surface area (Å²) in [6, 6.07) is 2.63. The van der Waals surface area contributed by atoms with Crippen LogP contribution in [0.5, 0.6) is 0 Å². The molecule has 0 radical (unpaired) electrons. The van der Waals surface area contributed by atoms with E-state index in [0.717, 1.165) is 18.2 Å². The number of carbonyl (C=O) groups excluding carboxylic acids is 3. The molecule has 9 nitrogen and oxygen atoms in total. The number of hydrogen-bond donors (Lipinski definition) is 1. The molecule has 4 rings (SSSR count). The lowest BCUT2D eigenvalue weighted by molar-refractivity contribution is -0.135. The predicted octanol–water partition coefficient (Wildman–Crippen LogP) is 2.16. The van der Waals surface area contributed by atoms with Gasteiger partial charge in [0.25, 0.3) is 0 Å². The number of anilines is 1. The van der Waals surface area contributed by atoms with Crippen LogP contribution in [0.15, 0.2) is 18.2 Å². The van der Waals surface area contributed by atoms with Gasteiger partial charge in [0.05, 0.1) is 18.2 Å². The maximum Gasteiger partial charge on any atom is 0.408 e. The van der Waals surface area contributed by atoms with E-state index in [9.17, 15) is 28.4 Å². The molecule has 1 aromatic carbocycles. The van der Waals surface area contributed by atoms with Crippen LogP contribution >= 0.6 is 0 Å². The molecule has 1 aromatic rings. The zero-order chi connectivity index (χ0) is 25.5. The number of hydrogen-bond acceptors (Lipinski definition) is 6. The first-order chi connectivity index (χ1) is 16.5. The molecule has 0 saturated carbocycles. The second-order valence-corrected chi connectivity index (χ2v) is 10.2. The molecule has 3 aliphatic heterocycles. The Bertz CT molecular complexity index is 1050. The maximum absolute atomic E-state index is 13.7. The summed E-state index contributed by atoms with van der Waals surface area (Å²) in [7, 11) is 0. The Morgan fingerprint density at radius 2 is 1.94 bits per heavy atom. The number of amides is 3. The molecule has 3 saturated heterocycles. The second-order valence-electron chi connectivity index (χ2n) is 10.2. The van der Waals surface area contributed by atoms with Crippen LogP contribution in [-0.4, -0.2) is 77.1 Å². The number of likely N-dealkylation sites (tertiary alicyclic amines) is 2. The van der Waals surface area contributed by atoms with Crippen LogP contribution in [0.1, 0.15) is 40.0 Å². The summed E-state index contributed by atoms with van der Waals surface area (Å²) in [6.07, 6.45) is 0.924. The first-order valence-electron chi connectivity index (χ1n) is 11.7. The number of rotatable bonds is 5. The number of carbonyl (C=O) groups is 3. The van der Waals surface area contributed by atoms with Gasteiger partial charge in [0, 0.05) is 31.4 Å². The van der Waals surface area contributed by atoms with E-state index in [-0.39, 0.29) is 24.2 Å². The minimum Gasteiger partial charge on any atom is -0.444 e. The molecule has 188 valence electrons. The van der Waals surface area contributed by atoms with Crippen molar-refractivity contribution in [2.45, 2.75) is 69.8 Å². The third-order valence-electron chi connectivity index (χ3n) is 6.49. The summed E-state index contributed by atoms with van der Waals surface area (Å²) in [6.45, 7) is 5.95. The second kappa shape index (κ2) is 9.41. The number of piperazine rings is 1. The van der Waals surface area contributed by atoms with Crippen LogP contribution in [0.4, 0.5) is 19.3 Å². The highest BCUT2D eigenvalue weighted by molar-refractivity contribution is 6.01. The SMILES string of the molecule is CC(C)(C)OC(=O)N[C@@H](CN1C[C@H]2C[C@@H]1C(=O)N2c1cc(F)cc(F)c1)C(=O)N1CCC[C@H]1C#N. The fourth-order valence-electron chi connectivity index (χ4n) is 5.12. The van der Waals surface area contributed by atoms with Crippen LogP contribution < -0.4 is 10.2 Å². The summed E-state index contributed by atoms with van der Waals surface area (Å²) in [5, 5.41) is 12.0. The Hall–Kier alpha value is -3.26. The molecule has 3 heterocycles. The number of ether oxygens (including phenoxy) is 1. The van der Waals surface area contributed by atoms with E-state index < -0.39 is 47.4 Å². The summed E-state index contributed by atoms with van der Waals surface area (Å²) in [4.78, 5) is 43.6. The Labute approximate surface area is 202 Å². The van der Waals surface area contributed by atoms with Gasteiger partial charge in [-0.3, -0.25) is 14.5 Å². The van der Waals surface area contributed by atoms with Crippen molar-refractivity contribution in [3.05, 3.63) is 29.8 Å². The normalized spacial score (nSPS) is 25.0. The average molecular weight is 490 g/mol. The fraction of sp³-hybridized carbons (Fsp3) is 0.583. The molecule has 0 unspecified atom stereocenters. The predicted molar refractivity (Wildman–Crippen MR) is 121 cm³/mol. The number of fused-ring (bicyclic) bond motifs is 2. The van der Waals surface area contributed by atoms with Crippen molar-refractivity contribution in [2.24, 2.45) is 0 Å². The van der Waals surface area contributed by atoms with E-state index in [1.165, 1.54) is 9.80 Å². The van der Waals surface area contributed by atoms with Crippen LogP contribution in [0.2, 0.25) is 0 Å². The van der Waals surface area contributed by atoms with Crippen LogP contribution in [0.25, 0.3) is 0 Å². The van der Waals surface area contributed by atoms with E-state index >= 15 is 0 Å². The molecule has 0 aromatic heterocycles. The maximum atomic E-state index is 13.7. The Morgan fingerprint density at radius 3 is 2.54 bits per heavy atom. The monoisotopic (exact) mass is 489 g/mol. The molecular weight excluding hydrogens is 460 g/mol. The number of nitriles is 1. The molecule has 11 heteroatoms. The van der Waals surface area contributed by atoms with Gasteiger partial charge in [-0.1, -0.05) is 0 Å². The Kier molecular flexibility index (Phi) is 6.68. The summed E-state index contributed by atoms with van der Waals surface area (Å²) >= 11 is 0. The van der Waals surface area contributed by atoms with Crippen molar-refractivity contribution in [3.63, 3.8) is 0 Å². The first kappa shape index (κ1) is 24.9. The van der Waals surface area contributed by atoms with Crippen molar-refractivity contribution >= 4 is 23.6 Å². The van der Waals surface area contributed by atoms with Crippen molar-refractivity contribution in [2.75, 3.05) is 24.5 Å². The molecule has 0 spiro atoms. The standard InChI is InChI=1S/C24H29F2N5O4/c1-24(2,3)35-23(34)28-19(21(32)30-6-4-5-16(30)11-27)13-29-12-18-10-20(29)22(33)31(18)17-8-14(25)7-15(26)9-17/h7-9,16,18-20H,4-6,10,12-13H2,1-3H3,(H,28,34)/t16-,18+,19-,20+/m0/s1. The van der Waals surface area contributed by atoms with Crippen molar-refractivity contribution in [1.29, 1.82) is 5.26 Å². The third kappa shape index (κ3) is 5.22. The zero-order valence-corrected chi connectivity index (χ0v) is 20.0. The van der Waals surface area contributed by atoms with E-state index in [2.05, 4.69) is 11.4 Å². The fourth-order valence-corrected chi connectivity index (χ4v) is 5.12. The topological polar surface area (TPSA) is 106 Å². The quantitative estimate of drug-likeness (QED) is 0.680. The molecule has 35 heavy (non-hydrogen) atoms. The van der Waals surface area contributed by atoms with Crippen molar-refractivity contribution in [1.82, 2.24) is 15.1 Å². The minimum atomic E-state index is -1.02. The number of nitrogens with zero attached hydrogens (tertiary/aromatic N) is 4. The number of nitrogens with one attached hydrogen (secondary N) is 1. The van der Waals surface area contributed by atoms with E-state index in [0.29, 0.717) is 32.4 Å². The first-order valence-corrected chi connectivity index (χ1v) is 11.7. The lowest BCUT2D eigenvalue weighted by atomic mass is 10.1. The summed E-state index contributed by atoms with van der Waals surface area (Å²) < 4.78 is 32.8. The zero-order valence-electron chi connectivity index (χ0n) is 20.0. The lowest BCUT2D eigenvalue weighted by Gasteiger charge is -2.36. The van der Waals surface area contributed by atoms with Gasteiger partial charge in [-0.15, -0.1) is 0 Å².